The highest BCUT2D eigenvalue weighted by Crippen LogP contribution is 2.20. The zero-order valence-corrected chi connectivity index (χ0v) is 11.6. The van der Waals surface area contributed by atoms with Crippen molar-refractivity contribution < 1.29 is 14.3 Å². The molecule has 0 bridgehead atoms. The topological polar surface area (TPSA) is 60.5 Å². The number of hydrogen-bond acceptors (Lipinski definition) is 4. The van der Waals surface area contributed by atoms with Crippen LogP contribution >= 0.6 is 11.6 Å². The molecule has 2 rings (SSSR count). The number of hydrogen-bond donors (Lipinski definition) is 1. The normalized spacial score (nSPS) is 9.90. The molecule has 1 amide bonds. The summed E-state index contributed by atoms with van der Waals surface area (Å²) in [6.45, 7) is -0.124. The Hall–Kier alpha value is -2.27. The van der Waals surface area contributed by atoms with E-state index >= 15 is 0 Å². The molecule has 6 heteroatoms. The molecule has 0 atom stereocenters. The average Bonchev–Trinajstić information content (AvgIpc) is 2.47. The van der Waals surface area contributed by atoms with Gasteiger partial charge < -0.3 is 14.8 Å². The van der Waals surface area contributed by atoms with Crippen molar-refractivity contribution >= 4 is 23.3 Å². The van der Waals surface area contributed by atoms with Gasteiger partial charge in [0.2, 0.25) is 0 Å². The summed E-state index contributed by atoms with van der Waals surface area (Å²) in [5, 5.41) is 3.23. The van der Waals surface area contributed by atoms with Crippen LogP contribution in [0.25, 0.3) is 0 Å². The van der Waals surface area contributed by atoms with Crippen molar-refractivity contribution in [2.75, 3.05) is 19.0 Å². The van der Waals surface area contributed by atoms with Gasteiger partial charge in [-0.2, -0.15) is 0 Å². The number of anilines is 1. The third-order valence-corrected chi connectivity index (χ3v) is 2.68. The van der Waals surface area contributed by atoms with Gasteiger partial charge in [0.05, 0.1) is 7.11 Å². The summed E-state index contributed by atoms with van der Waals surface area (Å²) in [6, 6.07) is 10.2. The van der Waals surface area contributed by atoms with Crippen LogP contribution in [0.1, 0.15) is 0 Å². The van der Waals surface area contributed by atoms with Crippen LogP contribution in [0.2, 0.25) is 5.02 Å². The number of rotatable bonds is 5. The van der Waals surface area contributed by atoms with Crippen molar-refractivity contribution in [2.45, 2.75) is 0 Å². The first-order valence-corrected chi connectivity index (χ1v) is 6.24. The van der Waals surface area contributed by atoms with Gasteiger partial charge in [-0.05, 0) is 36.4 Å². The number of benzene rings is 1. The monoisotopic (exact) mass is 292 g/mol. The highest BCUT2D eigenvalue weighted by molar-refractivity contribution is 6.30. The van der Waals surface area contributed by atoms with E-state index in [2.05, 4.69) is 10.3 Å². The van der Waals surface area contributed by atoms with E-state index in [9.17, 15) is 4.79 Å². The van der Waals surface area contributed by atoms with E-state index in [0.29, 0.717) is 22.3 Å². The first-order valence-electron chi connectivity index (χ1n) is 5.86. The summed E-state index contributed by atoms with van der Waals surface area (Å²) in [6.07, 6.45) is 1.57. The van der Waals surface area contributed by atoms with Crippen LogP contribution < -0.4 is 14.8 Å². The first kappa shape index (κ1) is 14.1. The van der Waals surface area contributed by atoms with Crippen LogP contribution in [-0.4, -0.2) is 24.6 Å². The second-order valence-electron chi connectivity index (χ2n) is 3.85. The number of carbonyl (C=O) groups excluding carboxylic acids is 1. The van der Waals surface area contributed by atoms with Gasteiger partial charge >= 0.3 is 0 Å². The van der Waals surface area contributed by atoms with Gasteiger partial charge in [-0.15, -0.1) is 0 Å². The van der Waals surface area contributed by atoms with E-state index < -0.39 is 0 Å². The maximum absolute atomic E-state index is 11.8. The summed E-state index contributed by atoms with van der Waals surface area (Å²) in [4.78, 5) is 15.8. The molecule has 1 aromatic heterocycles. The smallest absolute Gasteiger partial charge is 0.263 e. The van der Waals surface area contributed by atoms with E-state index in [-0.39, 0.29) is 12.5 Å². The fraction of sp³-hybridized carbons (Fsp3) is 0.143. The van der Waals surface area contributed by atoms with Crippen molar-refractivity contribution in [3.8, 4) is 11.5 Å². The predicted molar refractivity (Wildman–Crippen MR) is 76.4 cm³/mol. The lowest BCUT2D eigenvalue weighted by Crippen LogP contribution is -2.21. The Morgan fingerprint density at radius 1 is 1.30 bits per heavy atom. The molecule has 1 heterocycles. The highest BCUT2D eigenvalue weighted by atomic mass is 35.5. The molecule has 0 saturated heterocycles. The summed E-state index contributed by atoms with van der Waals surface area (Å²) >= 11 is 5.76. The molecule has 1 aromatic carbocycles. The zero-order chi connectivity index (χ0) is 14.4. The Balaban J connectivity index is 1.91. The standard InChI is InChI=1S/C14H13ClN2O3/c1-19-12-3-2-8-16-14(12)17-13(18)9-20-11-6-4-10(15)5-7-11/h2-8H,9H2,1H3,(H,16,17,18). The van der Waals surface area contributed by atoms with Crippen molar-refractivity contribution in [1.82, 2.24) is 4.98 Å². The molecular weight excluding hydrogens is 280 g/mol. The number of amides is 1. The number of pyridine rings is 1. The lowest BCUT2D eigenvalue weighted by Gasteiger charge is -2.09. The Kier molecular flexibility index (Phi) is 4.79. The summed E-state index contributed by atoms with van der Waals surface area (Å²) < 4.78 is 10.4. The van der Waals surface area contributed by atoms with Crippen LogP contribution in [0.3, 0.4) is 0 Å². The number of aromatic nitrogens is 1. The van der Waals surface area contributed by atoms with Gasteiger partial charge in [-0.3, -0.25) is 4.79 Å². The maximum atomic E-state index is 11.8. The molecule has 104 valence electrons. The molecule has 5 nitrogen and oxygen atoms in total. The number of nitrogens with one attached hydrogen (secondary N) is 1. The third kappa shape index (κ3) is 3.86. The van der Waals surface area contributed by atoms with Crippen molar-refractivity contribution in [2.24, 2.45) is 0 Å². The SMILES string of the molecule is COc1cccnc1NC(=O)COc1ccc(Cl)cc1. The quantitative estimate of drug-likeness (QED) is 0.920. The number of methoxy groups -OCH3 is 1. The second-order valence-corrected chi connectivity index (χ2v) is 4.28. The van der Waals surface area contributed by atoms with Crippen molar-refractivity contribution in [1.29, 1.82) is 0 Å². The molecule has 0 aliphatic heterocycles. The van der Waals surface area contributed by atoms with E-state index in [1.165, 1.54) is 7.11 Å². The lowest BCUT2D eigenvalue weighted by molar-refractivity contribution is -0.118. The maximum Gasteiger partial charge on any atom is 0.263 e. The van der Waals surface area contributed by atoms with Gasteiger partial charge in [0.15, 0.2) is 18.2 Å². The van der Waals surface area contributed by atoms with Gasteiger partial charge in [0.25, 0.3) is 5.91 Å². The molecular formula is C14H13ClN2O3. The van der Waals surface area contributed by atoms with Gasteiger partial charge in [-0.1, -0.05) is 11.6 Å². The van der Waals surface area contributed by atoms with Crippen LogP contribution in [-0.2, 0) is 4.79 Å². The van der Waals surface area contributed by atoms with Gasteiger partial charge in [0, 0.05) is 11.2 Å². The lowest BCUT2D eigenvalue weighted by atomic mass is 10.3. The van der Waals surface area contributed by atoms with Crippen LogP contribution in [0.15, 0.2) is 42.6 Å². The zero-order valence-electron chi connectivity index (χ0n) is 10.8. The van der Waals surface area contributed by atoms with Gasteiger partial charge in [-0.25, -0.2) is 4.98 Å². The highest BCUT2D eigenvalue weighted by Gasteiger charge is 2.08. The molecule has 0 radical (unpaired) electrons. The van der Waals surface area contributed by atoms with Crippen LogP contribution in [0.4, 0.5) is 5.82 Å². The fourth-order valence-electron chi connectivity index (χ4n) is 1.50. The van der Waals surface area contributed by atoms with E-state index in [1.54, 1.807) is 42.6 Å². The van der Waals surface area contributed by atoms with Crippen molar-refractivity contribution in [3.63, 3.8) is 0 Å². The molecule has 1 N–H and O–H groups in total. The molecule has 2 aromatic rings. The summed E-state index contributed by atoms with van der Waals surface area (Å²) in [7, 11) is 1.51. The first-order chi connectivity index (χ1) is 9.69. The summed E-state index contributed by atoms with van der Waals surface area (Å²) in [5.74, 6) is 1.10. The van der Waals surface area contributed by atoms with Crippen LogP contribution in [0, 0.1) is 0 Å². The number of ether oxygens (including phenoxy) is 2. The van der Waals surface area contributed by atoms with E-state index in [0.717, 1.165) is 0 Å². The van der Waals surface area contributed by atoms with Crippen LogP contribution in [0.5, 0.6) is 11.5 Å². The molecule has 0 aliphatic rings. The Morgan fingerprint density at radius 3 is 2.75 bits per heavy atom. The Bertz CT molecular complexity index is 587. The molecule has 0 spiro atoms. The molecule has 0 unspecified atom stereocenters. The number of nitrogens with zero attached hydrogens (tertiary/aromatic N) is 1. The van der Waals surface area contributed by atoms with Crippen molar-refractivity contribution in [3.05, 3.63) is 47.6 Å². The molecule has 20 heavy (non-hydrogen) atoms. The minimum Gasteiger partial charge on any atom is -0.493 e. The number of halogens is 1. The van der Waals surface area contributed by atoms with E-state index in [4.69, 9.17) is 21.1 Å². The second kappa shape index (κ2) is 6.77. The average molecular weight is 293 g/mol. The largest absolute Gasteiger partial charge is 0.493 e. The number of carbonyl (C=O) groups is 1. The predicted octanol–water partition coefficient (Wildman–Crippen LogP) is 2.76. The van der Waals surface area contributed by atoms with E-state index in [1.807, 2.05) is 0 Å². The fourth-order valence-corrected chi connectivity index (χ4v) is 1.62. The molecule has 0 aliphatic carbocycles. The Labute approximate surface area is 121 Å². The summed E-state index contributed by atoms with van der Waals surface area (Å²) in [5.41, 5.74) is 0. The minimum absolute atomic E-state index is 0.124. The minimum atomic E-state index is -0.322. The Morgan fingerprint density at radius 2 is 2.05 bits per heavy atom. The molecule has 0 fully saturated rings. The third-order valence-electron chi connectivity index (χ3n) is 2.43. The molecule has 0 saturated carbocycles. The van der Waals surface area contributed by atoms with Gasteiger partial charge in [0.1, 0.15) is 5.75 Å².